The number of nitriles is 1. The Bertz CT molecular complexity index is 866. The fraction of sp³-hybridized carbons (Fsp3) is 0.500. The number of pyridine rings is 2. The second-order valence-corrected chi connectivity index (χ2v) is 8.79. The van der Waals surface area contributed by atoms with Gasteiger partial charge in [0.25, 0.3) is 0 Å². The minimum atomic E-state index is -0.0912. The molecule has 0 N–H and O–H groups in total. The van der Waals surface area contributed by atoms with Gasteiger partial charge in [-0.15, -0.1) is 0 Å². The van der Waals surface area contributed by atoms with E-state index in [2.05, 4.69) is 63.5 Å². The van der Waals surface area contributed by atoms with Gasteiger partial charge in [0.05, 0.1) is 22.8 Å². The maximum absolute atomic E-state index is 9.52. The molecular formula is C22H28N6S. The van der Waals surface area contributed by atoms with Gasteiger partial charge in [-0.25, -0.2) is 0 Å². The van der Waals surface area contributed by atoms with Crippen LogP contribution in [0.2, 0.25) is 0 Å². The van der Waals surface area contributed by atoms with Crippen molar-refractivity contribution in [2.24, 2.45) is 0 Å². The van der Waals surface area contributed by atoms with Gasteiger partial charge in [0, 0.05) is 32.7 Å². The smallest absolute Gasteiger partial charge is 0.135 e. The van der Waals surface area contributed by atoms with E-state index in [1.54, 1.807) is 0 Å². The molecule has 3 atom stereocenters. The molecule has 5 rings (SSSR count). The fourth-order valence-corrected chi connectivity index (χ4v) is 4.86. The Labute approximate surface area is 177 Å². The van der Waals surface area contributed by atoms with Gasteiger partial charge in [-0.3, -0.25) is 19.8 Å². The first-order valence-corrected chi connectivity index (χ1v) is 11.2. The maximum atomic E-state index is 9.52. The minimum Gasteiger partial charge on any atom is -0.306 e. The molecule has 29 heavy (non-hydrogen) atoms. The zero-order chi connectivity index (χ0) is 20.1. The van der Waals surface area contributed by atoms with E-state index in [0.717, 1.165) is 81.4 Å². The molecule has 6 nitrogen and oxygen atoms in total. The van der Waals surface area contributed by atoms with Crippen LogP contribution >= 0.6 is 11.8 Å². The molecule has 7 heteroatoms. The lowest BCUT2D eigenvalue weighted by molar-refractivity contribution is 0.198. The number of thiocyanates is 1. The van der Waals surface area contributed by atoms with Crippen LogP contribution in [0, 0.1) is 10.7 Å². The zero-order valence-corrected chi connectivity index (χ0v) is 17.8. The normalized spacial score (nSPS) is 25.9. The van der Waals surface area contributed by atoms with Crippen molar-refractivity contribution in [1.29, 1.82) is 5.26 Å². The van der Waals surface area contributed by atoms with E-state index in [1.807, 2.05) is 0 Å². The third-order valence-corrected chi connectivity index (χ3v) is 6.45. The monoisotopic (exact) mass is 408 g/mol. The van der Waals surface area contributed by atoms with Crippen molar-refractivity contribution in [2.45, 2.75) is 37.8 Å². The highest BCUT2D eigenvalue weighted by molar-refractivity contribution is 8.03. The fourth-order valence-electron chi connectivity index (χ4n) is 4.18. The van der Waals surface area contributed by atoms with Crippen LogP contribution in [0.1, 0.15) is 41.0 Å². The first kappa shape index (κ1) is 20.3. The molecule has 0 aromatic carbocycles. The maximum Gasteiger partial charge on any atom is 0.135 e. The van der Waals surface area contributed by atoms with Crippen molar-refractivity contribution in [3.63, 3.8) is 0 Å². The van der Waals surface area contributed by atoms with Crippen molar-refractivity contribution in [1.82, 2.24) is 24.7 Å². The molecule has 0 spiro atoms. The summed E-state index contributed by atoms with van der Waals surface area (Å²) in [7, 11) is 2.21. The van der Waals surface area contributed by atoms with Gasteiger partial charge in [-0.2, -0.15) is 5.26 Å². The number of aromatic nitrogens is 2. The minimum absolute atomic E-state index is 0.0912. The average Bonchev–Trinajstić information content (AvgIpc) is 2.71. The van der Waals surface area contributed by atoms with Crippen molar-refractivity contribution in [3.8, 4) is 5.40 Å². The Balaban J connectivity index is 1.79. The third kappa shape index (κ3) is 5.34. The third-order valence-electron chi connectivity index (χ3n) is 5.58. The Hall–Kier alpha value is -1.98. The number of nitrogens with zero attached hydrogens (tertiary/aromatic N) is 6. The average molecular weight is 409 g/mol. The Kier molecular flexibility index (Phi) is 6.78. The zero-order valence-electron chi connectivity index (χ0n) is 17.0. The summed E-state index contributed by atoms with van der Waals surface area (Å²) in [5.41, 5.74) is 4.20. The summed E-state index contributed by atoms with van der Waals surface area (Å²) in [6.45, 7) is 6.43. The van der Waals surface area contributed by atoms with Crippen LogP contribution < -0.4 is 0 Å². The van der Waals surface area contributed by atoms with Crippen LogP contribution in [0.25, 0.3) is 0 Å². The number of rotatable bonds is 1. The number of thioether (sulfide) groups is 1. The van der Waals surface area contributed by atoms with Crippen LogP contribution in [-0.2, 0) is 19.6 Å². The van der Waals surface area contributed by atoms with Gasteiger partial charge < -0.3 is 4.90 Å². The van der Waals surface area contributed by atoms with E-state index in [1.165, 1.54) is 11.8 Å². The topological polar surface area (TPSA) is 59.3 Å². The summed E-state index contributed by atoms with van der Waals surface area (Å²) in [6, 6.07) is 12.6. The highest BCUT2D eigenvalue weighted by atomic mass is 32.2. The van der Waals surface area contributed by atoms with E-state index in [9.17, 15) is 5.26 Å². The molecule has 0 saturated carbocycles. The van der Waals surface area contributed by atoms with E-state index < -0.39 is 0 Å². The molecule has 152 valence electrons. The summed E-state index contributed by atoms with van der Waals surface area (Å²) in [5, 5.41) is 11.8. The van der Waals surface area contributed by atoms with E-state index in [0.29, 0.717) is 0 Å². The lowest BCUT2D eigenvalue weighted by atomic mass is 10.2. The van der Waals surface area contributed by atoms with Crippen LogP contribution in [0.5, 0.6) is 0 Å². The predicted octanol–water partition coefficient (Wildman–Crippen LogP) is 3.23. The van der Waals surface area contributed by atoms with Crippen LogP contribution in [-0.4, -0.2) is 57.9 Å². The quantitative estimate of drug-likeness (QED) is 0.672. The van der Waals surface area contributed by atoms with Gasteiger partial charge in [-0.05, 0) is 69.0 Å². The largest absolute Gasteiger partial charge is 0.306 e. The number of hydrogen-bond acceptors (Lipinski definition) is 7. The molecule has 3 unspecified atom stereocenters. The standard InChI is InChI=1S/C22H28N6S/c1-26-10-4-12-27-14-18-6-2-7-20(24-18)16-28(13-5-11-26)22(29-17-23)21-9-3-8-19(15-27)25-21/h2-3,6-9,22H,4-5,10-16H2,1H3. The summed E-state index contributed by atoms with van der Waals surface area (Å²) < 4.78 is 0. The molecule has 5 heterocycles. The van der Waals surface area contributed by atoms with Crippen molar-refractivity contribution < 1.29 is 0 Å². The molecule has 6 bridgehead atoms. The molecule has 3 aliphatic heterocycles. The molecule has 0 aliphatic carbocycles. The lowest BCUT2D eigenvalue weighted by Crippen LogP contribution is -2.34. The van der Waals surface area contributed by atoms with Gasteiger partial charge in [0.15, 0.2) is 0 Å². The molecule has 0 fully saturated rings. The second-order valence-electron chi connectivity index (χ2n) is 7.93. The van der Waals surface area contributed by atoms with Gasteiger partial charge in [-0.1, -0.05) is 12.1 Å². The molecule has 0 amide bonds. The predicted molar refractivity (Wildman–Crippen MR) is 116 cm³/mol. The van der Waals surface area contributed by atoms with Gasteiger partial charge in [0.1, 0.15) is 10.8 Å². The highest BCUT2D eigenvalue weighted by Gasteiger charge is 2.25. The van der Waals surface area contributed by atoms with E-state index in [-0.39, 0.29) is 5.37 Å². The highest BCUT2D eigenvalue weighted by Crippen LogP contribution is 2.32. The SMILES string of the molecule is CN1CCCN2Cc3cccc(n3)CN(CCC1)C(SC#N)c1cccc(n1)C2. The molecular weight excluding hydrogens is 380 g/mol. The second kappa shape index (κ2) is 9.68. The van der Waals surface area contributed by atoms with Gasteiger partial charge >= 0.3 is 0 Å². The number of fused-ring (bicyclic) bond motifs is 6. The molecule has 3 aliphatic rings. The van der Waals surface area contributed by atoms with Crippen LogP contribution in [0.15, 0.2) is 36.4 Å². The van der Waals surface area contributed by atoms with Crippen molar-refractivity contribution in [2.75, 3.05) is 33.2 Å². The Morgan fingerprint density at radius 3 is 2.31 bits per heavy atom. The summed E-state index contributed by atoms with van der Waals surface area (Å²) in [4.78, 5) is 17.2. The molecule has 0 radical (unpaired) electrons. The van der Waals surface area contributed by atoms with Crippen LogP contribution in [0.3, 0.4) is 0 Å². The number of hydrogen-bond donors (Lipinski definition) is 0. The molecule has 2 aromatic heterocycles. The van der Waals surface area contributed by atoms with Gasteiger partial charge in [0.2, 0.25) is 0 Å². The molecule has 2 aromatic rings. The van der Waals surface area contributed by atoms with E-state index >= 15 is 0 Å². The Morgan fingerprint density at radius 2 is 1.55 bits per heavy atom. The van der Waals surface area contributed by atoms with Crippen LogP contribution in [0.4, 0.5) is 0 Å². The summed E-state index contributed by atoms with van der Waals surface area (Å²) in [5.74, 6) is 0. The lowest BCUT2D eigenvalue weighted by Gasteiger charge is -2.32. The summed E-state index contributed by atoms with van der Waals surface area (Å²) in [6.07, 6.45) is 2.19. The first-order chi connectivity index (χ1) is 14.2. The van der Waals surface area contributed by atoms with E-state index in [4.69, 9.17) is 9.97 Å². The first-order valence-electron chi connectivity index (χ1n) is 10.3. The molecule has 0 saturated heterocycles. The Morgan fingerprint density at radius 1 is 0.897 bits per heavy atom. The van der Waals surface area contributed by atoms with Crippen molar-refractivity contribution in [3.05, 3.63) is 59.2 Å². The summed E-state index contributed by atoms with van der Waals surface area (Å²) >= 11 is 1.29. The van der Waals surface area contributed by atoms with Crippen molar-refractivity contribution >= 4 is 11.8 Å².